The fourth-order valence-corrected chi connectivity index (χ4v) is 3.02. The standard InChI is InChI=1S/C19H16N2O5S/c1-11(22)20-14-3-5-16-13(7-19(24)26-17(16)8-14)9-25-18(23)6-4-15-10-27-12(2)21-15/h3-8,10H,9H2,1-2H3,(H,20,22)/b6-4+. The molecule has 3 aromatic rings. The molecule has 27 heavy (non-hydrogen) atoms. The predicted octanol–water partition coefficient (Wildman–Crippen LogP) is 3.27. The highest BCUT2D eigenvalue weighted by molar-refractivity contribution is 7.09. The monoisotopic (exact) mass is 384 g/mol. The third-order valence-electron chi connectivity index (χ3n) is 3.55. The number of amides is 1. The summed E-state index contributed by atoms with van der Waals surface area (Å²) in [5.74, 6) is -0.777. The molecule has 0 aliphatic rings. The van der Waals surface area contributed by atoms with E-state index >= 15 is 0 Å². The number of nitrogens with zero attached hydrogens (tertiary/aromatic N) is 1. The SMILES string of the molecule is CC(=O)Nc1ccc2c(COC(=O)/C=C/c3csc(C)n3)cc(=O)oc2c1. The number of benzene rings is 1. The Hall–Kier alpha value is -3.26. The van der Waals surface area contributed by atoms with Gasteiger partial charge in [0, 0.05) is 47.1 Å². The van der Waals surface area contributed by atoms with Crippen LogP contribution in [0.5, 0.6) is 0 Å². The van der Waals surface area contributed by atoms with Gasteiger partial charge in [0.1, 0.15) is 12.2 Å². The fourth-order valence-electron chi connectivity index (χ4n) is 2.44. The van der Waals surface area contributed by atoms with E-state index in [4.69, 9.17) is 9.15 Å². The first-order valence-corrected chi connectivity index (χ1v) is 8.90. The number of esters is 1. The Morgan fingerprint density at radius 1 is 1.33 bits per heavy atom. The summed E-state index contributed by atoms with van der Waals surface area (Å²) in [5, 5.41) is 5.98. The van der Waals surface area contributed by atoms with Gasteiger partial charge in [-0.2, -0.15) is 0 Å². The van der Waals surface area contributed by atoms with Gasteiger partial charge in [-0.15, -0.1) is 11.3 Å². The van der Waals surface area contributed by atoms with E-state index in [1.54, 1.807) is 24.3 Å². The van der Waals surface area contributed by atoms with Gasteiger partial charge in [-0.05, 0) is 25.1 Å². The molecule has 0 bridgehead atoms. The number of thiazole rings is 1. The minimum atomic E-state index is -0.568. The summed E-state index contributed by atoms with van der Waals surface area (Å²) in [7, 11) is 0. The van der Waals surface area contributed by atoms with Crippen LogP contribution in [-0.2, 0) is 20.9 Å². The molecule has 2 heterocycles. The minimum absolute atomic E-state index is 0.0825. The molecule has 0 aliphatic heterocycles. The Morgan fingerprint density at radius 3 is 2.85 bits per heavy atom. The molecule has 3 rings (SSSR count). The van der Waals surface area contributed by atoms with E-state index in [2.05, 4.69) is 10.3 Å². The summed E-state index contributed by atoms with van der Waals surface area (Å²) in [5.41, 5.74) is 1.44. The predicted molar refractivity (Wildman–Crippen MR) is 102 cm³/mol. The molecule has 0 atom stereocenters. The molecule has 0 fully saturated rings. The first-order chi connectivity index (χ1) is 12.9. The van der Waals surface area contributed by atoms with E-state index in [0.29, 0.717) is 27.9 Å². The molecular formula is C19H16N2O5S. The molecule has 0 saturated heterocycles. The van der Waals surface area contributed by atoms with Gasteiger partial charge in [0.05, 0.1) is 10.7 Å². The van der Waals surface area contributed by atoms with E-state index in [0.717, 1.165) is 5.01 Å². The number of aromatic nitrogens is 1. The highest BCUT2D eigenvalue weighted by Gasteiger charge is 2.09. The quantitative estimate of drug-likeness (QED) is 0.412. The number of ether oxygens (including phenoxy) is 1. The van der Waals surface area contributed by atoms with Crippen LogP contribution < -0.4 is 10.9 Å². The van der Waals surface area contributed by atoms with Gasteiger partial charge in [0.15, 0.2) is 0 Å². The van der Waals surface area contributed by atoms with E-state index in [1.807, 2.05) is 12.3 Å². The van der Waals surface area contributed by atoms with Crippen LogP contribution in [0.15, 0.2) is 44.9 Å². The van der Waals surface area contributed by atoms with E-state index in [9.17, 15) is 14.4 Å². The summed E-state index contributed by atoms with van der Waals surface area (Å²) in [6.45, 7) is 3.18. The molecule has 1 N–H and O–H groups in total. The number of rotatable bonds is 5. The van der Waals surface area contributed by atoms with Crippen molar-refractivity contribution < 1.29 is 18.7 Å². The third kappa shape index (κ3) is 4.89. The molecule has 1 aromatic carbocycles. The van der Waals surface area contributed by atoms with Crippen LogP contribution in [0.4, 0.5) is 5.69 Å². The number of nitrogens with one attached hydrogen (secondary N) is 1. The Bertz CT molecular complexity index is 1100. The molecule has 2 aromatic heterocycles. The van der Waals surface area contributed by atoms with Gasteiger partial charge in [-0.3, -0.25) is 4.79 Å². The van der Waals surface area contributed by atoms with Crippen LogP contribution in [0.25, 0.3) is 17.0 Å². The Morgan fingerprint density at radius 2 is 2.15 bits per heavy atom. The maximum absolute atomic E-state index is 11.9. The van der Waals surface area contributed by atoms with Crippen molar-refractivity contribution in [1.82, 2.24) is 4.98 Å². The first-order valence-electron chi connectivity index (χ1n) is 8.02. The largest absolute Gasteiger partial charge is 0.458 e. The number of carbonyl (C=O) groups excluding carboxylic acids is 2. The van der Waals surface area contributed by atoms with Crippen molar-refractivity contribution in [2.75, 3.05) is 5.32 Å². The van der Waals surface area contributed by atoms with Crippen molar-refractivity contribution in [3.8, 4) is 0 Å². The second kappa shape index (κ2) is 7.96. The van der Waals surface area contributed by atoms with Crippen LogP contribution in [0.2, 0.25) is 0 Å². The van der Waals surface area contributed by atoms with Crippen LogP contribution in [0.3, 0.4) is 0 Å². The molecule has 138 valence electrons. The summed E-state index contributed by atoms with van der Waals surface area (Å²) in [6, 6.07) is 6.20. The molecule has 0 radical (unpaired) electrons. The summed E-state index contributed by atoms with van der Waals surface area (Å²) in [6.07, 6.45) is 2.86. The van der Waals surface area contributed by atoms with Crippen LogP contribution in [0, 0.1) is 6.92 Å². The lowest BCUT2D eigenvalue weighted by Gasteiger charge is -2.07. The van der Waals surface area contributed by atoms with Crippen LogP contribution in [-0.4, -0.2) is 16.9 Å². The molecule has 0 spiro atoms. The average Bonchev–Trinajstić information content (AvgIpc) is 3.02. The zero-order chi connectivity index (χ0) is 19.4. The fraction of sp³-hybridized carbons (Fsp3) is 0.158. The van der Waals surface area contributed by atoms with Gasteiger partial charge in [-0.1, -0.05) is 0 Å². The molecular weight excluding hydrogens is 368 g/mol. The second-order valence-electron chi connectivity index (χ2n) is 5.72. The van der Waals surface area contributed by atoms with Crippen molar-refractivity contribution in [2.45, 2.75) is 20.5 Å². The molecule has 0 unspecified atom stereocenters. The maximum atomic E-state index is 11.9. The van der Waals surface area contributed by atoms with Crippen LogP contribution in [0.1, 0.15) is 23.2 Å². The Balaban J connectivity index is 1.75. The average molecular weight is 384 g/mol. The number of fused-ring (bicyclic) bond motifs is 1. The van der Waals surface area contributed by atoms with E-state index in [-0.39, 0.29) is 12.5 Å². The van der Waals surface area contributed by atoms with Crippen LogP contribution >= 0.6 is 11.3 Å². The Kier molecular flexibility index (Phi) is 5.46. The van der Waals surface area contributed by atoms with E-state index in [1.165, 1.54) is 30.4 Å². The smallest absolute Gasteiger partial charge is 0.336 e. The summed E-state index contributed by atoms with van der Waals surface area (Å²) >= 11 is 1.49. The molecule has 0 aliphatic carbocycles. The van der Waals surface area contributed by atoms with Gasteiger partial charge in [0.2, 0.25) is 5.91 Å². The molecule has 7 nitrogen and oxygen atoms in total. The summed E-state index contributed by atoms with van der Waals surface area (Å²) in [4.78, 5) is 39.1. The number of hydrogen-bond acceptors (Lipinski definition) is 7. The van der Waals surface area contributed by atoms with Crippen molar-refractivity contribution in [2.24, 2.45) is 0 Å². The zero-order valence-corrected chi connectivity index (χ0v) is 15.5. The third-order valence-corrected chi connectivity index (χ3v) is 4.34. The summed E-state index contributed by atoms with van der Waals surface area (Å²) < 4.78 is 10.4. The highest BCUT2D eigenvalue weighted by atomic mass is 32.1. The van der Waals surface area contributed by atoms with Crippen molar-refractivity contribution in [3.63, 3.8) is 0 Å². The molecule has 0 saturated carbocycles. The molecule has 1 amide bonds. The maximum Gasteiger partial charge on any atom is 0.336 e. The minimum Gasteiger partial charge on any atom is -0.458 e. The van der Waals surface area contributed by atoms with Crippen molar-refractivity contribution >= 4 is 45.9 Å². The lowest BCUT2D eigenvalue weighted by Crippen LogP contribution is -2.07. The van der Waals surface area contributed by atoms with Crippen molar-refractivity contribution in [3.05, 3.63) is 62.4 Å². The van der Waals surface area contributed by atoms with E-state index < -0.39 is 11.6 Å². The highest BCUT2D eigenvalue weighted by Crippen LogP contribution is 2.22. The first kappa shape index (κ1) is 18.5. The Labute approximate surface area is 158 Å². The van der Waals surface area contributed by atoms with Gasteiger partial charge in [-0.25, -0.2) is 14.6 Å². The van der Waals surface area contributed by atoms with Crippen molar-refractivity contribution in [1.29, 1.82) is 0 Å². The zero-order valence-electron chi connectivity index (χ0n) is 14.6. The molecule has 8 heteroatoms. The topological polar surface area (TPSA) is 98.5 Å². The van der Waals surface area contributed by atoms with Gasteiger partial charge in [0.25, 0.3) is 0 Å². The van der Waals surface area contributed by atoms with Gasteiger partial charge >= 0.3 is 11.6 Å². The lowest BCUT2D eigenvalue weighted by molar-refractivity contribution is -0.138. The number of anilines is 1. The number of aryl methyl sites for hydroxylation is 1. The number of carbonyl (C=O) groups is 2. The normalized spacial score (nSPS) is 11.0. The number of hydrogen-bond donors (Lipinski definition) is 1. The van der Waals surface area contributed by atoms with Gasteiger partial charge < -0.3 is 14.5 Å². The lowest BCUT2D eigenvalue weighted by atomic mass is 10.1. The second-order valence-corrected chi connectivity index (χ2v) is 6.78.